The van der Waals surface area contributed by atoms with Gasteiger partial charge in [-0.25, -0.2) is 0 Å². The summed E-state index contributed by atoms with van der Waals surface area (Å²) in [6, 6.07) is -0.454. The SMILES string of the molecule is CNC1C(=O)N(OS(O)(O)O)C1(C)C. The summed E-state index contributed by atoms with van der Waals surface area (Å²) in [7, 11) is 1.61. The van der Waals surface area contributed by atoms with Crippen molar-refractivity contribution < 1.29 is 22.7 Å². The van der Waals surface area contributed by atoms with E-state index in [1.165, 1.54) is 0 Å². The van der Waals surface area contributed by atoms with E-state index in [0.29, 0.717) is 0 Å². The molecule has 4 N–H and O–H groups in total. The number of rotatable bonds is 3. The highest BCUT2D eigenvalue weighted by molar-refractivity contribution is 8.15. The van der Waals surface area contributed by atoms with Gasteiger partial charge in [0.1, 0.15) is 6.04 Å². The Bertz CT molecular complexity index is 251. The molecule has 14 heavy (non-hydrogen) atoms. The van der Waals surface area contributed by atoms with Gasteiger partial charge in [0.05, 0.1) is 5.54 Å². The van der Waals surface area contributed by atoms with Crippen molar-refractivity contribution in [3.8, 4) is 0 Å². The summed E-state index contributed by atoms with van der Waals surface area (Å²) < 4.78 is 30.2. The quantitative estimate of drug-likeness (QED) is 0.515. The van der Waals surface area contributed by atoms with Crippen molar-refractivity contribution in [3.05, 3.63) is 0 Å². The van der Waals surface area contributed by atoms with Crippen LogP contribution in [-0.2, 0) is 9.08 Å². The molecule has 0 aromatic carbocycles. The van der Waals surface area contributed by atoms with E-state index in [-0.39, 0.29) is 0 Å². The summed E-state index contributed by atoms with van der Waals surface area (Å²) in [5.41, 5.74) is -0.724. The molecule has 0 aromatic rings. The molecular weight excluding hydrogens is 212 g/mol. The predicted octanol–water partition coefficient (Wildman–Crippen LogP) is 0.265. The molecule has 1 aliphatic rings. The maximum absolute atomic E-state index is 11.3. The third-order valence-electron chi connectivity index (χ3n) is 2.14. The van der Waals surface area contributed by atoms with Crippen molar-refractivity contribution >= 4 is 17.1 Å². The molecule has 1 saturated heterocycles. The molecular formula is C6H14N2O5S. The molecule has 0 bridgehead atoms. The highest BCUT2D eigenvalue weighted by Crippen LogP contribution is 2.43. The van der Waals surface area contributed by atoms with Gasteiger partial charge in [-0.15, -0.1) is 4.28 Å². The molecule has 7 nitrogen and oxygen atoms in total. The van der Waals surface area contributed by atoms with Crippen LogP contribution in [-0.4, -0.2) is 43.3 Å². The van der Waals surface area contributed by atoms with E-state index in [4.69, 9.17) is 13.7 Å². The lowest BCUT2D eigenvalue weighted by atomic mass is 9.85. The largest absolute Gasteiger partial charge is 0.307 e. The van der Waals surface area contributed by atoms with Crippen LogP contribution in [0.5, 0.6) is 0 Å². The van der Waals surface area contributed by atoms with Gasteiger partial charge in [-0.2, -0.15) is 5.06 Å². The van der Waals surface area contributed by atoms with Gasteiger partial charge in [0.25, 0.3) is 5.91 Å². The van der Waals surface area contributed by atoms with Gasteiger partial charge < -0.3 is 5.32 Å². The maximum atomic E-state index is 11.3. The van der Waals surface area contributed by atoms with Gasteiger partial charge >= 0.3 is 0 Å². The number of likely N-dealkylation sites (N-methyl/N-ethyl adjacent to an activating group) is 1. The molecule has 0 spiro atoms. The average molecular weight is 226 g/mol. The molecule has 0 aliphatic carbocycles. The summed E-state index contributed by atoms with van der Waals surface area (Å²) in [5, 5.41) is 3.50. The second-order valence-electron chi connectivity index (χ2n) is 3.55. The molecule has 1 heterocycles. The van der Waals surface area contributed by atoms with Crippen LogP contribution in [0.4, 0.5) is 0 Å². The van der Waals surface area contributed by atoms with E-state index < -0.39 is 28.6 Å². The first-order chi connectivity index (χ1) is 6.20. The fourth-order valence-electron chi connectivity index (χ4n) is 1.46. The Morgan fingerprint density at radius 1 is 1.50 bits per heavy atom. The van der Waals surface area contributed by atoms with Crippen molar-refractivity contribution in [1.82, 2.24) is 10.4 Å². The number of hydrogen-bond donors (Lipinski definition) is 4. The number of carbonyl (C=O) groups is 1. The molecule has 1 unspecified atom stereocenters. The summed E-state index contributed by atoms with van der Waals surface area (Å²) in [5.74, 6) is -0.452. The number of nitrogens with zero attached hydrogens (tertiary/aromatic N) is 1. The third-order valence-corrected chi connectivity index (χ3v) is 2.49. The minimum absolute atomic E-state index is 0.452. The van der Waals surface area contributed by atoms with Crippen molar-refractivity contribution in [2.24, 2.45) is 0 Å². The van der Waals surface area contributed by atoms with Gasteiger partial charge in [0, 0.05) is 0 Å². The Kier molecular flexibility index (Phi) is 2.78. The predicted molar refractivity (Wildman–Crippen MR) is 50.3 cm³/mol. The number of hydroxylamine groups is 2. The third kappa shape index (κ3) is 1.85. The number of β-lactam (4-membered cyclic amide) rings is 1. The molecule has 8 heteroatoms. The van der Waals surface area contributed by atoms with E-state index >= 15 is 0 Å². The number of carbonyl (C=O) groups excluding carboxylic acids is 1. The standard InChI is InChI=1S/C6H14N2O5S/c1-6(2)4(7-3)5(9)8(6)13-14(10,11)12/h4,7,10-12H,1-3H3. The number of amides is 1. The second kappa shape index (κ2) is 3.33. The number of hydrogen-bond acceptors (Lipinski definition) is 6. The molecule has 0 radical (unpaired) electrons. The van der Waals surface area contributed by atoms with Crippen LogP contribution in [0.25, 0.3) is 0 Å². The van der Waals surface area contributed by atoms with E-state index in [0.717, 1.165) is 5.06 Å². The Balaban J connectivity index is 2.70. The lowest BCUT2D eigenvalue weighted by Gasteiger charge is -2.52. The van der Waals surface area contributed by atoms with E-state index in [1.54, 1.807) is 20.9 Å². The molecule has 0 saturated carbocycles. The molecule has 1 aliphatic heterocycles. The van der Waals surface area contributed by atoms with Gasteiger partial charge in [-0.3, -0.25) is 18.5 Å². The molecule has 0 aromatic heterocycles. The van der Waals surface area contributed by atoms with Crippen LogP contribution < -0.4 is 5.32 Å². The number of nitrogens with one attached hydrogen (secondary N) is 1. The molecule has 1 rings (SSSR count). The van der Waals surface area contributed by atoms with Gasteiger partial charge in [-0.05, 0) is 20.9 Å². The van der Waals surface area contributed by atoms with Crippen molar-refractivity contribution in [1.29, 1.82) is 0 Å². The Morgan fingerprint density at radius 2 is 2.00 bits per heavy atom. The topological polar surface area (TPSA) is 102 Å². The normalized spacial score (nSPS) is 27.4. The van der Waals surface area contributed by atoms with Crippen LogP contribution in [0.15, 0.2) is 0 Å². The van der Waals surface area contributed by atoms with Crippen molar-refractivity contribution in [2.45, 2.75) is 25.4 Å². The van der Waals surface area contributed by atoms with Crippen LogP contribution in [0.2, 0.25) is 0 Å². The zero-order chi connectivity index (χ0) is 11.1. The molecule has 1 fully saturated rings. The first-order valence-corrected chi connectivity index (χ1v) is 5.34. The summed E-state index contributed by atoms with van der Waals surface area (Å²) in [6.45, 7) is 3.33. The minimum atomic E-state index is -4.14. The lowest BCUT2D eigenvalue weighted by molar-refractivity contribution is -0.221. The van der Waals surface area contributed by atoms with E-state index in [1.807, 2.05) is 0 Å². The Hall–Kier alpha value is -0.380. The first kappa shape index (κ1) is 11.7. The first-order valence-electron chi connectivity index (χ1n) is 3.91. The summed E-state index contributed by atoms with van der Waals surface area (Å²) in [6.07, 6.45) is 0. The fourth-order valence-corrected chi connectivity index (χ4v) is 1.93. The van der Waals surface area contributed by atoms with Gasteiger partial charge in [0.15, 0.2) is 0 Å². The van der Waals surface area contributed by atoms with E-state index in [9.17, 15) is 4.79 Å². The summed E-state index contributed by atoms with van der Waals surface area (Å²) in [4.78, 5) is 11.3. The Morgan fingerprint density at radius 3 is 2.29 bits per heavy atom. The van der Waals surface area contributed by atoms with Crippen molar-refractivity contribution in [2.75, 3.05) is 7.05 Å². The maximum Gasteiger partial charge on any atom is 0.267 e. The average Bonchev–Trinajstić information content (AvgIpc) is 1.99. The zero-order valence-electron chi connectivity index (χ0n) is 8.09. The smallest absolute Gasteiger partial charge is 0.267 e. The second-order valence-corrected chi connectivity index (χ2v) is 4.64. The minimum Gasteiger partial charge on any atom is -0.307 e. The van der Waals surface area contributed by atoms with Crippen LogP contribution in [0.1, 0.15) is 13.8 Å². The zero-order valence-corrected chi connectivity index (χ0v) is 8.91. The molecule has 1 amide bonds. The van der Waals surface area contributed by atoms with Crippen LogP contribution in [0, 0.1) is 0 Å². The van der Waals surface area contributed by atoms with Gasteiger partial charge in [-0.1, -0.05) is 0 Å². The highest BCUT2D eigenvalue weighted by Gasteiger charge is 2.56. The van der Waals surface area contributed by atoms with Crippen molar-refractivity contribution in [3.63, 3.8) is 0 Å². The fraction of sp³-hybridized carbons (Fsp3) is 0.833. The van der Waals surface area contributed by atoms with Crippen LogP contribution in [0.3, 0.4) is 0 Å². The van der Waals surface area contributed by atoms with Crippen LogP contribution >= 0.6 is 11.2 Å². The van der Waals surface area contributed by atoms with Gasteiger partial charge in [0.2, 0.25) is 11.2 Å². The summed E-state index contributed by atoms with van der Waals surface area (Å²) >= 11 is -4.14. The van der Waals surface area contributed by atoms with E-state index in [2.05, 4.69) is 9.60 Å². The molecule has 84 valence electrons. The molecule has 1 atom stereocenters. The monoisotopic (exact) mass is 226 g/mol. The lowest BCUT2D eigenvalue weighted by Crippen LogP contribution is -2.75. The highest BCUT2D eigenvalue weighted by atomic mass is 32.3. The Labute approximate surface area is 83.4 Å².